The minimum absolute atomic E-state index is 0.286. The van der Waals surface area contributed by atoms with Gasteiger partial charge in [0.1, 0.15) is 11.4 Å². The molecule has 0 spiro atoms. The Hall–Kier alpha value is -2.95. The lowest BCUT2D eigenvalue weighted by molar-refractivity contribution is 0.111. The van der Waals surface area contributed by atoms with Gasteiger partial charge in [0.2, 0.25) is 0 Å². The van der Waals surface area contributed by atoms with E-state index in [1.807, 2.05) is 48.5 Å². The van der Waals surface area contributed by atoms with Crippen molar-refractivity contribution in [2.24, 2.45) is 0 Å². The maximum Gasteiger partial charge on any atom is 0.172 e. The molecular weight excluding hydrogens is 290 g/mol. The minimum atomic E-state index is 0.286. The molecule has 5 heteroatoms. The summed E-state index contributed by atoms with van der Waals surface area (Å²) in [7, 11) is 1.60. The van der Waals surface area contributed by atoms with Crippen molar-refractivity contribution in [3.63, 3.8) is 0 Å². The van der Waals surface area contributed by atoms with Gasteiger partial charge in [0, 0.05) is 5.56 Å². The number of ether oxygens (including phenoxy) is 1. The summed E-state index contributed by atoms with van der Waals surface area (Å²) < 4.78 is 7.08. The van der Waals surface area contributed by atoms with Gasteiger partial charge in [-0.3, -0.25) is 4.79 Å². The molecule has 0 radical (unpaired) electrons. The van der Waals surface area contributed by atoms with Crippen molar-refractivity contribution in [1.82, 2.24) is 15.0 Å². The molecule has 5 nitrogen and oxygen atoms in total. The van der Waals surface area contributed by atoms with Crippen LogP contribution in [-0.4, -0.2) is 28.4 Å². The smallest absolute Gasteiger partial charge is 0.172 e. The van der Waals surface area contributed by atoms with Crippen molar-refractivity contribution >= 4 is 6.29 Å². The second-order valence-electron chi connectivity index (χ2n) is 5.07. The van der Waals surface area contributed by atoms with Crippen molar-refractivity contribution in [1.29, 1.82) is 0 Å². The molecule has 1 heterocycles. The number of hydrogen-bond donors (Lipinski definition) is 0. The Bertz CT molecular complexity index is 823. The van der Waals surface area contributed by atoms with Gasteiger partial charge in [0.05, 0.1) is 12.8 Å². The highest BCUT2D eigenvalue weighted by molar-refractivity contribution is 5.85. The van der Waals surface area contributed by atoms with Crippen LogP contribution in [0, 0.1) is 0 Å². The zero-order valence-corrected chi connectivity index (χ0v) is 13.1. The van der Waals surface area contributed by atoms with Crippen LogP contribution in [0.5, 0.6) is 5.75 Å². The standard InChI is InChI=1S/C18H17N3O2/c1-3-13-8-10-14(11-9-13)21-18(16(12-22)19-20-21)15-6-4-5-7-17(15)23-2/h4-12H,3H2,1-2H3. The first kappa shape index (κ1) is 15.0. The van der Waals surface area contributed by atoms with Crippen LogP contribution in [0.3, 0.4) is 0 Å². The predicted molar refractivity (Wildman–Crippen MR) is 88.1 cm³/mol. The summed E-state index contributed by atoms with van der Waals surface area (Å²) in [5.74, 6) is 0.671. The van der Waals surface area contributed by atoms with Crippen molar-refractivity contribution in [2.45, 2.75) is 13.3 Å². The van der Waals surface area contributed by atoms with Gasteiger partial charge in [-0.1, -0.05) is 36.4 Å². The van der Waals surface area contributed by atoms with Gasteiger partial charge in [-0.15, -0.1) is 5.10 Å². The molecule has 3 aromatic rings. The molecule has 116 valence electrons. The van der Waals surface area contributed by atoms with Gasteiger partial charge in [0.25, 0.3) is 0 Å². The molecule has 0 saturated heterocycles. The zero-order valence-electron chi connectivity index (χ0n) is 13.1. The third-order valence-electron chi connectivity index (χ3n) is 3.76. The van der Waals surface area contributed by atoms with Crippen LogP contribution in [0.4, 0.5) is 0 Å². The molecule has 0 bridgehead atoms. The molecule has 0 amide bonds. The Labute approximate surface area is 134 Å². The van der Waals surface area contributed by atoms with Crippen LogP contribution in [-0.2, 0) is 6.42 Å². The molecule has 3 rings (SSSR count). The second kappa shape index (κ2) is 6.44. The number of para-hydroxylation sites is 1. The van der Waals surface area contributed by atoms with Crippen LogP contribution >= 0.6 is 0 Å². The molecule has 0 aliphatic carbocycles. The van der Waals surface area contributed by atoms with E-state index in [0.29, 0.717) is 17.7 Å². The fourth-order valence-electron chi connectivity index (χ4n) is 2.52. The number of rotatable bonds is 5. The number of aromatic nitrogens is 3. The molecule has 0 saturated carbocycles. The van der Waals surface area contributed by atoms with Crippen LogP contribution in [0.1, 0.15) is 23.0 Å². The largest absolute Gasteiger partial charge is 0.496 e. The van der Waals surface area contributed by atoms with E-state index in [0.717, 1.165) is 17.7 Å². The molecule has 1 aromatic heterocycles. The Kier molecular flexibility index (Phi) is 4.19. The van der Waals surface area contributed by atoms with E-state index in [4.69, 9.17) is 4.74 Å². The number of carbonyl (C=O) groups is 1. The van der Waals surface area contributed by atoms with E-state index in [2.05, 4.69) is 17.2 Å². The summed E-state index contributed by atoms with van der Waals surface area (Å²) in [6.07, 6.45) is 1.68. The van der Waals surface area contributed by atoms with E-state index >= 15 is 0 Å². The van der Waals surface area contributed by atoms with Gasteiger partial charge in [-0.2, -0.15) is 0 Å². The SMILES string of the molecule is CCc1ccc(-n2nnc(C=O)c2-c2ccccc2OC)cc1. The highest BCUT2D eigenvalue weighted by Gasteiger charge is 2.18. The van der Waals surface area contributed by atoms with Gasteiger partial charge in [0.15, 0.2) is 12.0 Å². The number of aryl methyl sites for hydroxylation is 1. The summed E-state index contributed by atoms with van der Waals surface area (Å²) in [4.78, 5) is 11.4. The third kappa shape index (κ3) is 2.73. The van der Waals surface area contributed by atoms with Gasteiger partial charge < -0.3 is 4.74 Å². The van der Waals surface area contributed by atoms with Crippen molar-refractivity contribution in [2.75, 3.05) is 7.11 Å². The van der Waals surface area contributed by atoms with Crippen LogP contribution in [0.25, 0.3) is 16.9 Å². The van der Waals surface area contributed by atoms with Gasteiger partial charge in [-0.05, 0) is 36.2 Å². The van der Waals surface area contributed by atoms with E-state index in [1.165, 1.54) is 5.56 Å². The number of hydrogen-bond acceptors (Lipinski definition) is 4. The lowest BCUT2D eigenvalue weighted by atomic mass is 10.1. The number of nitrogens with zero attached hydrogens (tertiary/aromatic N) is 3. The van der Waals surface area contributed by atoms with Gasteiger partial charge >= 0.3 is 0 Å². The summed E-state index contributed by atoms with van der Waals surface area (Å²) in [6.45, 7) is 2.11. The minimum Gasteiger partial charge on any atom is -0.496 e. The van der Waals surface area contributed by atoms with E-state index in [-0.39, 0.29) is 5.69 Å². The number of benzene rings is 2. The Balaban J connectivity index is 2.19. The molecule has 2 aromatic carbocycles. The predicted octanol–water partition coefficient (Wildman–Crippen LogP) is 3.32. The van der Waals surface area contributed by atoms with Gasteiger partial charge in [-0.25, -0.2) is 4.68 Å². The monoisotopic (exact) mass is 307 g/mol. The maximum absolute atomic E-state index is 11.4. The topological polar surface area (TPSA) is 57.0 Å². The van der Waals surface area contributed by atoms with E-state index in [9.17, 15) is 4.79 Å². The van der Waals surface area contributed by atoms with Crippen LogP contribution in [0.15, 0.2) is 48.5 Å². The third-order valence-corrected chi connectivity index (χ3v) is 3.76. The molecule has 23 heavy (non-hydrogen) atoms. The summed E-state index contributed by atoms with van der Waals surface area (Å²) >= 11 is 0. The molecule has 0 unspecified atom stereocenters. The lowest BCUT2D eigenvalue weighted by Crippen LogP contribution is -2.01. The van der Waals surface area contributed by atoms with Crippen molar-refractivity contribution < 1.29 is 9.53 Å². The van der Waals surface area contributed by atoms with Crippen LogP contribution in [0.2, 0.25) is 0 Å². The number of methoxy groups -OCH3 is 1. The average molecular weight is 307 g/mol. The van der Waals surface area contributed by atoms with Crippen molar-refractivity contribution in [3.05, 3.63) is 59.8 Å². The summed E-state index contributed by atoms with van der Waals surface area (Å²) in [5.41, 5.74) is 3.78. The number of carbonyl (C=O) groups excluding carboxylic acids is 1. The quantitative estimate of drug-likeness (QED) is 0.679. The summed E-state index contributed by atoms with van der Waals surface area (Å²) in [5, 5.41) is 8.14. The number of aldehydes is 1. The van der Waals surface area contributed by atoms with E-state index in [1.54, 1.807) is 11.8 Å². The Morgan fingerprint density at radius 3 is 2.52 bits per heavy atom. The molecule has 0 atom stereocenters. The molecule has 0 aliphatic rings. The first-order valence-corrected chi connectivity index (χ1v) is 7.42. The fourth-order valence-corrected chi connectivity index (χ4v) is 2.52. The molecule has 0 fully saturated rings. The van der Waals surface area contributed by atoms with Crippen molar-refractivity contribution in [3.8, 4) is 22.7 Å². The lowest BCUT2D eigenvalue weighted by Gasteiger charge is -2.11. The first-order chi connectivity index (χ1) is 11.3. The molecular formula is C18H17N3O2. The highest BCUT2D eigenvalue weighted by atomic mass is 16.5. The second-order valence-corrected chi connectivity index (χ2v) is 5.07. The Morgan fingerprint density at radius 1 is 1.13 bits per heavy atom. The normalized spacial score (nSPS) is 10.5. The van der Waals surface area contributed by atoms with Crippen LogP contribution < -0.4 is 4.74 Å². The highest BCUT2D eigenvalue weighted by Crippen LogP contribution is 2.32. The Morgan fingerprint density at radius 2 is 1.87 bits per heavy atom. The first-order valence-electron chi connectivity index (χ1n) is 7.42. The maximum atomic E-state index is 11.4. The average Bonchev–Trinajstić information content (AvgIpc) is 3.05. The summed E-state index contributed by atoms with van der Waals surface area (Å²) in [6, 6.07) is 15.6. The van der Waals surface area contributed by atoms with E-state index < -0.39 is 0 Å². The molecule has 0 aliphatic heterocycles. The fraction of sp³-hybridized carbons (Fsp3) is 0.167. The molecule has 0 N–H and O–H groups in total. The zero-order chi connectivity index (χ0) is 16.2.